The monoisotopic (exact) mass is 411 g/mol. The van der Waals surface area contributed by atoms with Crippen LogP contribution in [0.15, 0.2) is 72.8 Å². The van der Waals surface area contributed by atoms with E-state index in [-0.39, 0.29) is 25.7 Å². The van der Waals surface area contributed by atoms with Crippen LogP contribution in [-0.2, 0) is 11.2 Å². The molecule has 0 bridgehead atoms. The summed E-state index contributed by atoms with van der Waals surface area (Å²) in [5.41, 5.74) is 6.82. The predicted octanol–water partition coefficient (Wildman–Crippen LogP) is 4.50. The lowest BCUT2D eigenvalue weighted by molar-refractivity contribution is 0.144. The molecule has 0 radical (unpaired) electrons. The number of carbonyl (C=O) groups excluding carboxylic acids is 1. The van der Waals surface area contributed by atoms with Crippen LogP contribution in [0.4, 0.5) is 4.79 Å². The minimum absolute atomic E-state index is 0.0441. The number of ether oxygens (including phenoxy) is 1. The lowest BCUT2D eigenvalue weighted by Crippen LogP contribution is -2.26. The first-order chi connectivity index (χ1) is 15.3. The van der Waals surface area contributed by atoms with Crippen molar-refractivity contribution in [3.8, 4) is 23.0 Å². The Bertz CT molecular complexity index is 1080. The summed E-state index contributed by atoms with van der Waals surface area (Å²) in [6, 6.07) is 24.4. The summed E-state index contributed by atoms with van der Waals surface area (Å²) in [7, 11) is 0. The molecule has 0 unspecified atom stereocenters. The maximum Gasteiger partial charge on any atom is 0.407 e. The van der Waals surface area contributed by atoms with E-state index >= 15 is 0 Å². The molecule has 0 atom stereocenters. The van der Waals surface area contributed by atoms with Crippen molar-refractivity contribution < 1.29 is 14.6 Å². The van der Waals surface area contributed by atoms with Gasteiger partial charge in [0.25, 0.3) is 0 Å². The molecule has 1 aliphatic rings. The van der Waals surface area contributed by atoms with Crippen LogP contribution in [0, 0.1) is 11.8 Å². The van der Waals surface area contributed by atoms with E-state index in [4.69, 9.17) is 9.84 Å². The molecule has 0 saturated heterocycles. The highest BCUT2D eigenvalue weighted by atomic mass is 16.5. The Labute approximate surface area is 182 Å². The summed E-state index contributed by atoms with van der Waals surface area (Å²) < 4.78 is 5.52. The van der Waals surface area contributed by atoms with Gasteiger partial charge in [0, 0.05) is 18.1 Å². The molecular weight excluding hydrogens is 386 g/mol. The number of amides is 1. The SMILES string of the molecule is O=C(NCC#Cc1ccccc1CCCO)OCC1c2ccccc2-c2ccccc21. The third-order valence-corrected chi connectivity index (χ3v) is 5.51. The minimum Gasteiger partial charge on any atom is -0.449 e. The van der Waals surface area contributed by atoms with E-state index in [0.717, 1.165) is 17.5 Å². The first-order valence-electron chi connectivity index (χ1n) is 10.5. The van der Waals surface area contributed by atoms with Crippen molar-refractivity contribution in [3.05, 3.63) is 95.1 Å². The number of hydrogen-bond acceptors (Lipinski definition) is 3. The highest BCUT2D eigenvalue weighted by molar-refractivity contribution is 5.79. The maximum absolute atomic E-state index is 12.2. The number of aryl methyl sites for hydroxylation is 1. The molecule has 1 aliphatic carbocycles. The van der Waals surface area contributed by atoms with Crippen LogP contribution in [-0.4, -0.2) is 31.0 Å². The lowest BCUT2D eigenvalue weighted by atomic mass is 9.98. The van der Waals surface area contributed by atoms with Gasteiger partial charge in [-0.3, -0.25) is 0 Å². The maximum atomic E-state index is 12.2. The van der Waals surface area contributed by atoms with Gasteiger partial charge in [-0.05, 0) is 46.7 Å². The summed E-state index contributed by atoms with van der Waals surface area (Å²) in [5.74, 6) is 6.13. The van der Waals surface area contributed by atoms with Gasteiger partial charge in [-0.2, -0.15) is 0 Å². The van der Waals surface area contributed by atoms with Crippen LogP contribution >= 0.6 is 0 Å². The zero-order valence-corrected chi connectivity index (χ0v) is 17.3. The number of aliphatic hydroxyl groups excluding tert-OH is 1. The second kappa shape index (κ2) is 9.97. The Kier molecular flexibility index (Phi) is 6.66. The third kappa shape index (κ3) is 4.79. The number of rotatable bonds is 6. The van der Waals surface area contributed by atoms with Gasteiger partial charge in [0.15, 0.2) is 0 Å². The molecule has 156 valence electrons. The normalized spacial score (nSPS) is 11.8. The first kappa shape index (κ1) is 20.7. The van der Waals surface area contributed by atoms with Crippen LogP contribution in [0.2, 0.25) is 0 Å². The standard InChI is InChI=1S/C27H25NO3/c29-18-8-12-21-10-2-1-9-20(21)11-7-17-28-27(30)31-19-26-24-15-5-3-13-22(24)23-14-4-6-16-25(23)26/h1-6,9-10,13-16,26,29H,8,12,17-19H2,(H,28,30). The van der Waals surface area contributed by atoms with Crippen LogP contribution in [0.3, 0.4) is 0 Å². The fraction of sp³-hybridized carbons (Fsp3) is 0.222. The molecule has 4 rings (SSSR count). The van der Waals surface area contributed by atoms with Gasteiger partial charge < -0.3 is 15.2 Å². The smallest absolute Gasteiger partial charge is 0.407 e. The fourth-order valence-corrected chi connectivity index (χ4v) is 4.03. The Balaban J connectivity index is 1.33. The molecule has 0 saturated carbocycles. The lowest BCUT2D eigenvalue weighted by Gasteiger charge is -2.14. The minimum atomic E-state index is -0.468. The van der Waals surface area contributed by atoms with Gasteiger partial charge in [0.05, 0.1) is 6.54 Å². The Morgan fingerprint density at radius 2 is 1.58 bits per heavy atom. The average molecular weight is 412 g/mol. The molecule has 3 aromatic rings. The van der Waals surface area contributed by atoms with Crippen molar-refractivity contribution in [1.29, 1.82) is 0 Å². The van der Waals surface area contributed by atoms with Gasteiger partial charge in [-0.15, -0.1) is 0 Å². The van der Waals surface area contributed by atoms with E-state index < -0.39 is 6.09 Å². The molecule has 4 nitrogen and oxygen atoms in total. The quantitative estimate of drug-likeness (QED) is 0.587. The van der Waals surface area contributed by atoms with E-state index in [1.165, 1.54) is 22.3 Å². The van der Waals surface area contributed by atoms with Crippen LogP contribution < -0.4 is 5.32 Å². The molecule has 3 aromatic carbocycles. The number of aliphatic hydroxyl groups is 1. The van der Waals surface area contributed by atoms with Crippen molar-refractivity contribution in [2.45, 2.75) is 18.8 Å². The molecule has 0 heterocycles. The fourth-order valence-electron chi connectivity index (χ4n) is 4.03. The Hall–Kier alpha value is -3.55. The summed E-state index contributed by atoms with van der Waals surface area (Å²) >= 11 is 0. The van der Waals surface area contributed by atoms with E-state index in [9.17, 15) is 4.79 Å². The van der Waals surface area contributed by atoms with Crippen molar-refractivity contribution in [1.82, 2.24) is 5.32 Å². The zero-order chi connectivity index (χ0) is 21.5. The number of hydrogen-bond donors (Lipinski definition) is 2. The molecule has 0 fully saturated rings. The summed E-state index contributed by atoms with van der Waals surface area (Å²) in [6.07, 6.45) is 1.02. The van der Waals surface area contributed by atoms with Gasteiger partial charge in [-0.25, -0.2) is 4.79 Å². The highest BCUT2D eigenvalue weighted by Gasteiger charge is 2.28. The van der Waals surface area contributed by atoms with Gasteiger partial charge in [0.2, 0.25) is 0 Å². The molecule has 2 N–H and O–H groups in total. The number of alkyl carbamates (subject to hydrolysis) is 1. The van der Waals surface area contributed by atoms with E-state index in [1.54, 1.807) is 0 Å². The molecule has 0 aliphatic heterocycles. The largest absolute Gasteiger partial charge is 0.449 e. The summed E-state index contributed by atoms with van der Waals surface area (Å²) in [6.45, 7) is 0.660. The number of nitrogens with one attached hydrogen (secondary N) is 1. The van der Waals surface area contributed by atoms with Crippen molar-refractivity contribution in [3.63, 3.8) is 0 Å². The Morgan fingerprint density at radius 3 is 2.29 bits per heavy atom. The van der Waals surface area contributed by atoms with Gasteiger partial charge in [0.1, 0.15) is 6.61 Å². The average Bonchev–Trinajstić information content (AvgIpc) is 3.13. The summed E-state index contributed by atoms with van der Waals surface area (Å²) in [4.78, 5) is 12.2. The van der Waals surface area contributed by atoms with Crippen LogP contribution in [0.1, 0.15) is 34.6 Å². The molecule has 0 spiro atoms. The second-order valence-electron chi connectivity index (χ2n) is 7.47. The van der Waals surface area contributed by atoms with Crippen molar-refractivity contribution in [2.75, 3.05) is 19.8 Å². The zero-order valence-electron chi connectivity index (χ0n) is 17.3. The molecule has 1 amide bonds. The van der Waals surface area contributed by atoms with E-state index in [1.807, 2.05) is 48.5 Å². The van der Waals surface area contributed by atoms with Crippen molar-refractivity contribution in [2.24, 2.45) is 0 Å². The summed E-state index contributed by atoms with van der Waals surface area (Å²) in [5, 5.41) is 11.7. The molecule has 4 heteroatoms. The van der Waals surface area contributed by atoms with E-state index in [0.29, 0.717) is 6.42 Å². The van der Waals surface area contributed by atoms with Gasteiger partial charge >= 0.3 is 6.09 Å². The number of fused-ring (bicyclic) bond motifs is 3. The molecule has 31 heavy (non-hydrogen) atoms. The van der Waals surface area contributed by atoms with Crippen molar-refractivity contribution >= 4 is 6.09 Å². The van der Waals surface area contributed by atoms with Gasteiger partial charge in [-0.1, -0.05) is 78.6 Å². The van der Waals surface area contributed by atoms with Crippen LogP contribution in [0.5, 0.6) is 0 Å². The topological polar surface area (TPSA) is 58.6 Å². The molecular formula is C27H25NO3. The number of carbonyl (C=O) groups is 1. The highest BCUT2D eigenvalue weighted by Crippen LogP contribution is 2.44. The van der Waals surface area contributed by atoms with Crippen LogP contribution in [0.25, 0.3) is 11.1 Å². The predicted molar refractivity (Wildman–Crippen MR) is 122 cm³/mol. The first-order valence-corrected chi connectivity index (χ1v) is 10.5. The molecule has 0 aromatic heterocycles. The number of benzene rings is 3. The Morgan fingerprint density at radius 1 is 0.935 bits per heavy atom. The third-order valence-electron chi connectivity index (χ3n) is 5.51. The van der Waals surface area contributed by atoms with E-state index in [2.05, 4.69) is 41.4 Å². The second-order valence-corrected chi connectivity index (χ2v) is 7.47.